The highest BCUT2D eigenvalue weighted by Gasteiger charge is 2.35. The van der Waals surface area contributed by atoms with Crippen LogP contribution >= 0.6 is 0 Å². The number of aryl methyl sites for hydroxylation is 1. The molecule has 0 bridgehead atoms. The van der Waals surface area contributed by atoms with Gasteiger partial charge >= 0.3 is 0 Å². The molecule has 3 aromatic rings. The van der Waals surface area contributed by atoms with Gasteiger partial charge in [0.2, 0.25) is 0 Å². The highest BCUT2D eigenvalue weighted by molar-refractivity contribution is 5.96. The van der Waals surface area contributed by atoms with Crippen molar-refractivity contribution in [2.45, 2.75) is 51.2 Å². The molecule has 4 heterocycles. The van der Waals surface area contributed by atoms with E-state index in [1.54, 1.807) is 11.1 Å². The summed E-state index contributed by atoms with van der Waals surface area (Å²) in [5.41, 5.74) is 4.04. The van der Waals surface area contributed by atoms with E-state index in [2.05, 4.69) is 24.7 Å². The van der Waals surface area contributed by atoms with Crippen molar-refractivity contribution in [3.8, 4) is 0 Å². The quantitative estimate of drug-likeness (QED) is 0.707. The number of carbonyl (C=O) groups excluding carboxylic acids is 1. The average Bonchev–Trinajstić information content (AvgIpc) is 3.49. The molecular weight excluding hydrogens is 368 g/mol. The number of hydrogen-bond acceptors (Lipinski definition) is 5. The summed E-state index contributed by atoms with van der Waals surface area (Å²) in [4.78, 5) is 23.8. The van der Waals surface area contributed by atoms with Gasteiger partial charge in [-0.1, -0.05) is 12.8 Å². The molecule has 29 heavy (non-hydrogen) atoms. The fraction of sp³-hybridized carbons (Fsp3) is 0.524. The van der Waals surface area contributed by atoms with E-state index < -0.39 is 6.10 Å². The van der Waals surface area contributed by atoms with Crippen LogP contribution < -0.4 is 0 Å². The summed E-state index contributed by atoms with van der Waals surface area (Å²) in [5, 5.41) is 17.6. The first-order valence-corrected chi connectivity index (χ1v) is 10.4. The minimum absolute atomic E-state index is 0.0140. The number of nitrogens with zero attached hydrogens (tertiary/aromatic N) is 5. The van der Waals surface area contributed by atoms with Crippen LogP contribution in [-0.4, -0.2) is 59.8 Å². The number of likely N-dealkylation sites (tertiary alicyclic amines) is 1. The molecule has 8 heteroatoms. The summed E-state index contributed by atoms with van der Waals surface area (Å²) in [6.45, 7) is 2.80. The van der Waals surface area contributed by atoms with Gasteiger partial charge in [-0.3, -0.25) is 9.89 Å². The van der Waals surface area contributed by atoms with E-state index in [0.29, 0.717) is 31.1 Å². The molecule has 5 rings (SSSR count). The molecule has 0 spiro atoms. The third-order valence-corrected chi connectivity index (χ3v) is 6.30. The maximum Gasteiger partial charge on any atom is 0.255 e. The summed E-state index contributed by atoms with van der Waals surface area (Å²) < 4.78 is 2.15. The Bertz CT molecular complexity index is 1030. The zero-order valence-electron chi connectivity index (χ0n) is 16.6. The van der Waals surface area contributed by atoms with Gasteiger partial charge in [0.1, 0.15) is 5.52 Å². The third-order valence-electron chi connectivity index (χ3n) is 6.30. The second-order valence-corrected chi connectivity index (χ2v) is 8.44. The molecule has 2 atom stereocenters. The summed E-state index contributed by atoms with van der Waals surface area (Å²) in [6.07, 6.45) is 8.42. The van der Waals surface area contributed by atoms with Gasteiger partial charge in [-0.15, -0.1) is 0 Å². The number of hydrogen-bond donors (Lipinski definition) is 2. The van der Waals surface area contributed by atoms with Crippen LogP contribution in [0.25, 0.3) is 11.2 Å². The molecule has 0 unspecified atom stereocenters. The second kappa shape index (κ2) is 7.26. The van der Waals surface area contributed by atoms with Crippen molar-refractivity contribution in [2.24, 2.45) is 5.92 Å². The molecule has 1 amide bonds. The number of aromatic nitrogens is 5. The van der Waals surface area contributed by atoms with E-state index in [1.807, 2.05) is 25.4 Å². The maximum atomic E-state index is 13.0. The average molecular weight is 394 g/mol. The molecule has 2 aliphatic rings. The number of amides is 1. The van der Waals surface area contributed by atoms with E-state index >= 15 is 0 Å². The predicted molar refractivity (Wildman–Crippen MR) is 107 cm³/mol. The Hall–Kier alpha value is -2.74. The molecule has 1 saturated heterocycles. The van der Waals surface area contributed by atoms with Crippen LogP contribution in [0.5, 0.6) is 0 Å². The summed E-state index contributed by atoms with van der Waals surface area (Å²) in [5.74, 6) is -0.116. The molecule has 8 nitrogen and oxygen atoms in total. The Morgan fingerprint density at radius 3 is 2.83 bits per heavy atom. The molecule has 2 N–H and O–H groups in total. The lowest BCUT2D eigenvalue weighted by Gasteiger charge is -2.16. The van der Waals surface area contributed by atoms with E-state index in [0.717, 1.165) is 35.4 Å². The molecule has 3 aromatic heterocycles. The number of nitrogens with one attached hydrogen (secondary N) is 1. The smallest absolute Gasteiger partial charge is 0.255 e. The fourth-order valence-corrected chi connectivity index (χ4v) is 4.74. The van der Waals surface area contributed by atoms with Crippen molar-refractivity contribution in [2.75, 3.05) is 13.1 Å². The Kier molecular flexibility index (Phi) is 4.58. The molecule has 1 saturated carbocycles. The van der Waals surface area contributed by atoms with Crippen LogP contribution in [0.15, 0.2) is 24.7 Å². The fourth-order valence-electron chi connectivity index (χ4n) is 4.74. The molecule has 2 fully saturated rings. The van der Waals surface area contributed by atoms with Crippen LogP contribution in [0.1, 0.15) is 53.5 Å². The van der Waals surface area contributed by atoms with Crippen molar-refractivity contribution in [3.05, 3.63) is 41.6 Å². The normalized spacial score (nSPS) is 22.8. The number of imidazole rings is 1. The summed E-state index contributed by atoms with van der Waals surface area (Å²) >= 11 is 0. The van der Waals surface area contributed by atoms with Crippen LogP contribution in [-0.2, 0) is 6.42 Å². The van der Waals surface area contributed by atoms with Gasteiger partial charge in [0, 0.05) is 36.9 Å². The number of aromatic amines is 1. The van der Waals surface area contributed by atoms with Crippen LogP contribution in [0, 0.1) is 12.8 Å². The molecule has 1 aliphatic heterocycles. The molecule has 152 valence electrons. The molecule has 0 aromatic carbocycles. The Labute approximate surface area is 169 Å². The Morgan fingerprint density at radius 2 is 2.07 bits per heavy atom. The number of aliphatic hydroxyl groups is 1. The lowest BCUT2D eigenvalue weighted by Crippen LogP contribution is -2.29. The maximum absolute atomic E-state index is 13.0. The van der Waals surface area contributed by atoms with Gasteiger partial charge < -0.3 is 14.6 Å². The molecular formula is C21H26N6O2. The zero-order chi connectivity index (χ0) is 20.0. The highest BCUT2D eigenvalue weighted by atomic mass is 16.3. The monoisotopic (exact) mass is 394 g/mol. The predicted octanol–water partition coefficient (Wildman–Crippen LogP) is 2.25. The number of β-amino-alcohol motifs (C(OH)–C–C–N with tert-alkyl or cyclic N) is 1. The minimum atomic E-state index is -0.547. The van der Waals surface area contributed by atoms with Gasteiger partial charge in [0.05, 0.1) is 23.7 Å². The number of rotatable bonds is 4. The number of carbonyl (C=O) groups is 1. The van der Waals surface area contributed by atoms with E-state index in [-0.39, 0.29) is 11.8 Å². The lowest BCUT2D eigenvalue weighted by molar-refractivity contribution is 0.0764. The van der Waals surface area contributed by atoms with E-state index in [9.17, 15) is 9.90 Å². The first kappa shape index (κ1) is 18.3. The van der Waals surface area contributed by atoms with Crippen LogP contribution in [0.4, 0.5) is 0 Å². The van der Waals surface area contributed by atoms with Crippen molar-refractivity contribution < 1.29 is 9.90 Å². The first-order chi connectivity index (χ1) is 14.1. The van der Waals surface area contributed by atoms with Gasteiger partial charge in [0.15, 0.2) is 5.65 Å². The van der Waals surface area contributed by atoms with Crippen molar-refractivity contribution in [3.63, 3.8) is 0 Å². The van der Waals surface area contributed by atoms with Crippen molar-refractivity contribution in [1.29, 1.82) is 0 Å². The highest BCUT2D eigenvalue weighted by Crippen LogP contribution is 2.31. The van der Waals surface area contributed by atoms with Gasteiger partial charge in [-0.2, -0.15) is 5.10 Å². The number of pyridine rings is 1. The topological polar surface area (TPSA) is 99.9 Å². The van der Waals surface area contributed by atoms with Crippen LogP contribution in [0.3, 0.4) is 0 Å². The van der Waals surface area contributed by atoms with Crippen LogP contribution in [0.2, 0.25) is 0 Å². The SMILES string of the molecule is Cc1cc(C[C@@H]2CN(C(=O)c3cnc4c(c3)ncn4C3CCCC3)C[C@H]2O)n[nH]1. The lowest BCUT2D eigenvalue weighted by atomic mass is 10.0. The summed E-state index contributed by atoms with van der Waals surface area (Å²) in [6, 6.07) is 4.28. The molecule has 0 radical (unpaired) electrons. The Morgan fingerprint density at radius 1 is 1.24 bits per heavy atom. The number of fused-ring (bicyclic) bond motifs is 1. The second-order valence-electron chi connectivity index (χ2n) is 8.44. The van der Waals surface area contributed by atoms with Gasteiger partial charge in [-0.25, -0.2) is 9.97 Å². The largest absolute Gasteiger partial charge is 0.391 e. The van der Waals surface area contributed by atoms with E-state index in [4.69, 9.17) is 0 Å². The third kappa shape index (κ3) is 3.42. The molecule has 1 aliphatic carbocycles. The van der Waals surface area contributed by atoms with Gasteiger partial charge in [0.25, 0.3) is 5.91 Å². The van der Waals surface area contributed by atoms with E-state index in [1.165, 1.54) is 12.8 Å². The zero-order valence-corrected chi connectivity index (χ0v) is 16.6. The van der Waals surface area contributed by atoms with Crippen molar-refractivity contribution >= 4 is 17.1 Å². The first-order valence-electron chi connectivity index (χ1n) is 10.4. The standard InChI is InChI=1S/C21H26N6O2/c1-13-6-16(25-24-13)7-15-10-26(11-19(15)28)21(29)14-8-18-20(22-9-14)27(12-23-18)17-4-2-3-5-17/h6,8-9,12,15,17,19,28H,2-5,7,10-11H2,1H3,(H,24,25)/t15-,19-/m1/s1. The Balaban J connectivity index is 1.31. The van der Waals surface area contributed by atoms with Gasteiger partial charge in [-0.05, 0) is 38.3 Å². The number of H-pyrrole nitrogens is 1. The number of aliphatic hydroxyl groups excluding tert-OH is 1. The minimum Gasteiger partial charge on any atom is -0.391 e. The van der Waals surface area contributed by atoms with Crippen molar-refractivity contribution in [1.82, 2.24) is 29.6 Å². The summed E-state index contributed by atoms with van der Waals surface area (Å²) in [7, 11) is 0.